The summed E-state index contributed by atoms with van der Waals surface area (Å²) in [6.07, 6.45) is 2.55. The van der Waals surface area contributed by atoms with Gasteiger partial charge in [-0.3, -0.25) is 4.79 Å². The van der Waals surface area contributed by atoms with Crippen molar-refractivity contribution in [2.45, 2.75) is 45.7 Å². The van der Waals surface area contributed by atoms with Crippen molar-refractivity contribution in [2.24, 2.45) is 12.0 Å². The quantitative estimate of drug-likeness (QED) is 0.240. The number of carbonyl (C=O) groups is 1. The molecular weight excluding hydrogens is 493 g/mol. The Morgan fingerprint density at radius 2 is 2.03 bits per heavy atom. The lowest BCUT2D eigenvalue weighted by atomic mass is 10.1. The summed E-state index contributed by atoms with van der Waals surface area (Å²) in [6, 6.07) is 10.4. The molecule has 8 nitrogen and oxygen atoms in total. The summed E-state index contributed by atoms with van der Waals surface area (Å²) in [4.78, 5) is 18.4. The highest BCUT2D eigenvalue weighted by atomic mass is 127. The molecule has 1 aromatic heterocycles. The van der Waals surface area contributed by atoms with Crippen molar-refractivity contribution in [3.63, 3.8) is 0 Å². The van der Waals surface area contributed by atoms with E-state index in [2.05, 4.69) is 39.9 Å². The van der Waals surface area contributed by atoms with Crippen LogP contribution < -0.4 is 10.6 Å². The number of aryl methyl sites for hydroxylation is 1. The molecule has 2 N–H and O–H groups in total. The van der Waals surface area contributed by atoms with Crippen molar-refractivity contribution in [1.82, 2.24) is 30.3 Å². The Balaban J connectivity index is 0.00000320. The minimum atomic E-state index is 0. The Morgan fingerprint density at radius 1 is 1.27 bits per heavy atom. The van der Waals surface area contributed by atoms with Crippen molar-refractivity contribution < 1.29 is 4.79 Å². The van der Waals surface area contributed by atoms with Gasteiger partial charge in [-0.2, -0.15) is 0 Å². The first-order valence-corrected chi connectivity index (χ1v) is 10.3. The molecule has 30 heavy (non-hydrogen) atoms. The summed E-state index contributed by atoms with van der Waals surface area (Å²) in [5.41, 5.74) is 1.19. The molecule has 3 rings (SSSR count). The van der Waals surface area contributed by atoms with E-state index in [1.54, 1.807) is 0 Å². The first kappa shape index (κ1) is 24.1. The van der Waals surface area contributed by atoms with Crippen LogP contribution in [0.25, 0.3) is 0 Å². The molecule has 2 aromatic rings. The zero-order valence-corrected chi connectivity index (χ0v) is 20.3. The maximum atomic E-state index is 11.8. The van der Waals surface area contributed by atoms with Gasteiger partial charge in [0.2, 0.25) is 5.91 Å². The Kier molecular flexibility index (Phi) is 9.54. The number of nitrogens with one attached hydrogen (secondary N) is 2. The van der Waals surface area contributed by atoms with Crippen LogP contribution >= 0.6 is 24.0 Å². The van der Waals surface area contributed by atoms with Gasteiger partial charge in [-0.25, -0.2) is 4.99 Å². The van der Waals surface area contributed by atoms with Crippen LogP contribution in [-0.2, 0) is 18.4 Å². The molecule has 0 saturated carbocycles. The number of aromatic nitrogens is 3. The number of amides is 1. The van der Waals surface area contributed by atoms with E-state index in [0.29, 0.717) is 13.0 Å². The molecule has 1 aliphatic heterocycles. The van der Waals surface area contributed by atoms with Crippen molar-refractivity contribution >= 4 is 35.8 Å². The fraction of sp³-hybridized carbons (Fsp3) is 0.524. The minimum Gasteiger partial charge on any atom is -0.356 e. The second kappa shape index (κ2) is 11.9. The number of rotatable bonds is 8. The summed E-state index contributed by atoms with van der Waals surface area (Å²) >= 11 is 0. The van der Waals surface area contributed by atoms with E-state index in [9.17, 15) is 4.79 Å². The van der Waals surface area contributed by atoms with Gasteiger partial charge in [0, 0.05) is 33.1 Å². The molecule has 0 aliphatic carbocycles. The van der Waals surface area contributed by atoms with E-state index in [1.807, 2.05) is 41.6 Å². The number of aliphatic imine (C=N–C) groups is 1. The maximum absolute atomic E-state index is 11.8. The fourth-order valence-electron chi connectivity index (χ4n) is 3.34. The van der Waals surface area contributed by atoms with E-state index in [-0.39, 0.29) is 35.9 Å². The lowest BCUT2D eigenvalue weighted by molar-refractivity contribution is -0.127. The van der Waals surface area contributed by atoms with Crippen molar-refractivity contribution in [1.29, 1.82) is 0 Å². The fourth-order valence-corrected chi connectivity index (χ4v) is 3.34. The van der Waals surface area contributed by atoms with Crippen LogP contribution in [0, 0.1) is 6.92 Å². The predicted octanol–water partition coefficient (Wildman–Crippen LogP) is 2.55. The highest BCUT2D eigenvalue weighted by Gasteiger charge is 2.19. The summed E-state index contributed by atoms with van der Waals surface area (Å²) in [5.74, 6) is 2.69. The molecule has 1 saturated heterocycles. The van der Waals surface area contributed by atoms with E-state index in [0.717, 1.165) is 50.1 Å². The van der Waals surface area contributed by atoms with Gasteiger partial charge >= 0.3 is 0 Å². The van der Waals surface area contributed by atoms with Crippen LogP contribution in [0.4, 0.5) is 0 Å². The zero-order chi connectivity index (χ0) is 20.6. The number of carbonyl (C=O) groups excluding carboxylic acids is 1. The van der Waals surface area contributed by atoms with E-state index >= 15 is 0 Å². The van der Waals surface area contributed by atoms with Crippen molar-refractivity contribution in [2.75, 3.05) is 19.6 Å². The molecule has 0 bridgehead atoms. The molecule has 0 radical (unpaired) electrons. The monoisotopic (exact) mass is 525 g/mol. The third-order valence-corrected chi connectivity index (χ3v) is 5.28. The summed E-state index contributed by atoms with van der Waals surface area (Å²) in [7, 11) is 1.94. The topological polar surface area (TPSA) is 87.4 Å². The van der Waals surface area contributed by atoms with E-state index in [4.69, 9.17) is 4.99 Å². The third-order valence-electron chi connectivity index (χ3n) is 5.28. The normalized spacial score (nSPS) is 15.1. The molecule has 1 unspecified atom stereocenters. The van der Waals surface area contributed by atoms with Gasteiger partial charge < -0.3 is 20.1 Å². The summed E-state index contributed by atoms with van der Waals surface area (Å²) in [6.45, 7) is 6.90. The number of hydrogen-bond donors (Lipinski definition) is 2. The molecule has 1 aromatic carbocycles. The number of halogens is 1. The first-order valence-electron chi connectivity index (χ1n) is 10.3. The van der Waals surface area contributed by atoms with Crippen LogP contribution in [0.1, 0.15) is 49.4 Å². The smallest absolute Gasteiger partial charge is 0.222 e. The Labute approximate surface area is 195 Å². The highest BCUT2D eigenvalue weighted by molar-refractivity contribution is 14.0. The molecule has 164 valence electrons. The molecule has 1 amide bonds. The third kappa shape index (κ3) is 6.68. The van der Waals surface area contributed by atoms with Gasteiger partial charge in [-0.1, -0.05) is 30.3 Å². The van der Waals surface area contributed by atoms with Gasteiger partial charge in [-0.05, 0) is 32.3 Å². The van der Waals surface area contributed by atoms with Gasteiger partial charge in [0.25, 0.3) is 0 Å². The van der Waals surface area contributed by atoms with Crippen LogP contribution in [0.15, 0.2) is 35.3 Å². The summed E-state index contributed by atoms with van der Waals surface area (Å²) in [5, 5.41) is 15.1. The Morgan fingerprint density at radius 3 is 2.67 bits per heavy atom. The second-order valence-corrected chi connectivity index (χ2v) is 7.43. The lowest BCUT2D eigenvalue weighted by Gasteiger charge is -2.20. The lowest BCUT2D eigenvalue weighted by Crippen LogP contribution is -2.40. The van der Waals surface area contributed by atoms with Gasteiger partial charge in [-0.15, -0.1) is 34.2 Å². The second-order valence-electron chi connectivity index (χ2n) is 7.43. The van der Waals surface area contributed by atoms with Crippen LogP contribution in [-0.4, -0.2) is 51.2 Å². The highest BCUT2D eigenvalue weighted by Crippen LogP contribution is 2.11. The molecule has 9 heteroatoms. The largest absolute Gasteiger partial charge is 0.356 e. The molecular formula is C21H32IN7O. The standard InChI is InChI=1S/C21H31N7O.HI/c1-16(18-9-5-4-6-10-18)24-21(23-15-19-26-25-17(2)27(19)3)22-12-8-14-28-13-7-11-20(28)29;/h4-6,9-10,16H,7-8,11-15H2,1-3H3,(H2,22,23,24);1H. The summed E-state index contributed by atoms with van der Waals surface area (Å²) < 4.78 is 1.95. The molecule has 1 aliphatic rings. The number of guanidine groups is 1. The molecule has 1 fully saturated rings. The van der Waals surface area contributed by atoms with E-state index < -0.39 is 0 Å². The number of nitrogens with zero attached hydrogens (tertiary/aromatic N) is 5. The SMILES string of the molecule is Cc1nnc(CN=C(NCCCN2CCCC2=O)NC(C)c2ccccc2)n1C.I. The first-order chi connectivity index (χ1) is 14.0. The number of likely N-dealkylation sites (tertiary alicyclic amines) is 1. The van der Waals surface area contributed by atoms with Crippen LogP contribution in [0.3, 0.4) is 0 Å². The predicted molar refractivity (Wildman–Crippen MR) is 129 cm³/mol. The van der Waals surface area contributed by atoms with Crippen molar-refractivity contribution in [3.05, 3.63) is 47.5 Å². The Bertz CT molecular complexity index is 837. The van der Waals surface area contributed by atoms with Crippen LogP contribution in [0.5, 0.6) is 0 Å². The van der Waals surface area contributed by atoms with E-state index in [1.165, 1.54) is 5.56 Å². The maximum Gasteiger partial charge on any atom is 0.222 e. The Hall–Kier alpha value is -2.17. The number of hydrogen-bond acceptors (Lipinski definition) is 4. The van der Waals surface area contributed by atoms with Gasteiger partial charge in [0.15, 0.2) is 11.8 Å². The van der Waals surface area contributed by atoms with Crippen LogP contribution in [0.2, 0.25) is 0 Å². The molecule has 1 atom stereocenters. The minimum absolute atomic E-state index is 0. The van der Waals surface area contributed by atoms with Gasteiger partial charge in [0.1, 0.15) is 12.4 Å². The molecule has 0 spiro atoms. The van der Waals surface area contributed by atoms with Crippen molar-refractivity contribution in [3.8, 4) is 0 Å². The van der Waals surface area contributed by atoms with Gasteiger partial charge in [0.05, 0.1) is 6.04 Å². The average Bonchev–Trinajstić information content (AvgIpc) is 3.29. The molecule has 2 heterocycles. The zero-order valence-electron chi connectivity index (χ0n) is 18.0. The number of benzene rings is 1. The average molecular weight is 525 g/mol.